The van der Waals surface area contributed by atoms with E-state index < -0.39 is 5.82 Å². The number of pyridine rings is 1. The highest BCUT2D eigenvalue weighted by molar-refractivity contribution is 5.30. The summed E-state index contributed by atoms with van der Waals surface area (Å²) in [6.45, 7) is 2.81. The number of hydrogen-bond acceptors (Lipinski definition) is 6. The van der Waals surface area contributed by atoms with Gasteiger partial charge in [-0.05, 0) is 24.5 Å². The first kappa shape index (κ1) is 16.4. The predicted molar refractivity (Wildman–Crippen MR) is 89.6 cm³/mol. The fourth-order valence-electron chi connectivity index (χ4n) is 3.54. The van der Waals surface area contributed by atoms with Gasteiger partial charge in [0.25, 0.3) is 0 Å². The summed E-state index contributed by atoms with van der Waals surface area (Å²) in [6, 6.07) is 3.93. The van der Waals surface area contributed by atoms with Crippen molar-refractivity contribution in [3.05, 3.63) is 48.3 Å². The zero-order valence-corrected chi connectivity index (χ0v) is 14.0. The average molecular weight is 344 g/mol. The van der Waals surface area contributed by atoms with E-state index in [1.54, 1.807) is 6.20 Å². The Bertz CT molecular complexity index is 690. The maximum Gasteiger partial charge on any atom is 0.225 e. The van der Waals surface area contributed by atoms with Crippen LogP contribution in [0.1, 0.15) is 24.8 Å². The molecule has 4 rings (SSSR count). The third-order valence-electron chi connectivity index (χ3n) is 4.95. The average Bonchev–Trinajstić information content (AvgIpc) is 3.05. The lowest BCUT2D eigenvalue weighted by Gasteiger charge is -2.38. The van der Waals surface area contributed by atoms with E-state index >= 15 is 0 Å². The monoisotopic (exact) mass is 344 g/mol. The normalized spacial score (nSPS) is 22.4. The summed E-state index contributed by atoms with van der Waals surface area (Å²) in [6.07, 6.45) is 8.84. The lowest BCUT2D eigenvalue weighted by Crippen LogP contribution is -2.45. The molecule has 4 heterocycles. The molecule has 0 N–H and O–H groups in total. The number of anilines is 1. The Morgan fingerprint density at radius 2 is 2.04 bits per heavy atom. The molecule has 25 heavy (non-hydrogen) atoms. The molecule has 0 radical (unpaired) electrons. The fourth-order valence-corrected chi connectivity index (χ4v) is 3.54. The predicted octanol–water partition coefficient (Wildman–Crippen LogP) is 2.36. The van der Waals surface area contributed by atoms with Crippen LogP contribution >= 0.6 is 0 Å². The second kappa shape index (κ2) is 7.01. The first-order valence-corrected chi connectivity index (χ1v) is 8.59. The molecule has 0 unspecified atom stereocenters. The molecule has 0 amide bonds. The van der Waals surface area contributed by atoms with Crippen molar-refractivity contribution in [2.75, 3.05) is 24.6 Å². The van der Waals surface area contributed by atoms with E-state index in [9.17, 15) is 4.39 Å². The van der Waals surface area contributed by atoms with Gasteiger partial charge in [-0.3, -0.25) is 4.98 Å². The number of piperidine rings is 1. The highest BCUT2D eigenvalue weighted by Crippen LogP contribution is 2.37. The van der Waals surface area contributed by atoms with Crippen LogP contribution in [0.25, 0.3) is 0 Å². The number of aromatic nitrogens is 3. The van der Waals surface area contributed by atoms with E-state index in [4.69, 9.17) is 9.47 Å². The molecule has 7 heteroatoms. The number of rotatable bonds is 4. The zero-order valence-electron chi connectivity index (χ0n) is 14.0. The highest BCUT2D eigenvalue weighted by Gasteiger charge is 2.43. The van der Waals surface area contributed by atoms with Gasteiger partial charge in [0.2, 0.25) is 5.95 Å². The summed E-state index contributed by atoms with van der Waals surface area (Å²) < 4.78 is 25.1. The molecule has 1 spiro atoms. The Morgan fingerprint density at radius 1 is 1.24 bits per heavy atom. The van der Waals surface area contributed by atoms with Gasteiger partial charge in [0.05, 0.1) is 37.3 Å². The van der Waals surface area contributed by atoms with Crippen LogP contribution < -0.4 is 4.90 Å². The number of ether oxygens (including phenoxy) is 2. The van der Waals surface area contributed by atoms with Gasteiger partial charge in [-0.15, -0.1) is 0 Å². The number of nitrogens with zero attached hydrogens (tertiary/aromatic N) is 4. The SMILES string of the molecule is Fc1cnc(N2CCC3(CC2)C[C@H](OCc2cccnc2)CO3)nc1. The summed E-state index contributed by atoms with van der Waals surface area (Å²) >= 11 is 0. The first-order chi connectivity index (χ1) is 12.2. The lowest BCUT2D eigenvalue weighted by atomic mass is 9.88. The Balaban J connectivity index is 1.29. The van der Waals surface area contributed by atoms with Crippen LogP contribution in [-0.4, -0.2) is 46.4 Å². The number of halogens is 1. The molecular weight excluding hydrogens is 323 g/mol. The van der Waals surface area contributed by atoms with Gasteiger partial charge in [0.1, 0.15) is 0 Å². The quantitative estimate of drug-likeness (QED) is 0.849. The van der Waals surface area contributed by atoms with E-state index in [0.29, 0.717) is 19.2 Å². The molecule has 2 fully saturated rings. The molecule has 0 bridgehead atoms. The Morgan fingerprint density at radius 3 is 2.76 bits per heavy atom. The van der Waals surface area contributed by atoms with Crippen molar-refractivity contribution in [2.45, 2.75) is 37.6 Å². The van der Waals surface area contributed by atoms with Crippen LogP contribution in [0, 0.1) is 5.82 Å². The van der Waals surface area contributed by atoms with Crippen molar-refractivity contribution in [2.24, 2.45) is 0 Å². The first-order valence-electron chi connectivity index (χ1n) is 8.59. The molecule has 2 aliphatic heterocycles. The second-order valence-electron chi connectivity index (χ2n) is 6.68. The zero-order chi connectivity index (χ0) is 17.1. The molecule has 132 valence electrons. The van der Waals surface area contributed by atoms with E-state index in [0.717, 1.165) is 37.9 Å². The standard InChI is InChI=1S/C18H21FN4O2/c19-15-10-21-17(22-11-15)23-6-3-18(4-7-23)8-16(13-25-18)24-12-14-2-1-5-20-9-14/h1-2,5,9-11,16H,3-4,6-8,12-13H2/t16-/m0/s1. The number of hydrogen-bond donors (Lipinski definition) is 0. The van der Waals surface area contributed by atoms with E-state index in [1.807, 2.05) is 18.3 Å². The summed E-state index contributed by atoms with van der Waals surface area (Å²) in [5, 5.41) is 0. The third-order valence-corrected chi connectivity index (χ3v) is 4.95. The van der Waals surface area contributed by atoms with Gasteiger partial charge < -0.3 is 14.4 Å². The lowest BCUT2D eigenvalue weighted by molar-refractivity contribution is -0.0205. The van der Waals surface area contributed by atoms with Gasteiger partial charge in [-0.25, -0.2) is 14.4 Å². The molecule has 2 aromatic rings. The highest BCUT2D eigenvalue weighted by atomic mass is 19.1. The second-order valence-corrected chi connectivity index (χ2v) is 6.68. The van der Waals surface area contributed by atoms with Crippen molar-refractivity contribution in [1.82, 2.24) is 15.0 Å². The molecular formula is C18H21FN4O2. The fraction of sp³-hybridized carbons (Fsp3) is 0.500. The minimum Gasteiger partial charge on any atom is -0.372 e. The Hall–Kier alpha value is -2.12. The van der Waals surface area contributed by atoms with Crippen LogP contribution in [0.5, 0.6) is 0 Å². The van der Waals surface area contributed by atoms with Gasteiger partial charge in [-0.2, -0.15) is 0 Å². The van der Waals surface area contributed by atoms with Crippen molar-refractivity contribution in [3.63, 3.8) is 0 Å². The minimum atomic E-state index is -0.412. The molecule has 6 nitrogen and oxygen atoms in total. The maximum atomic E-state index is 13.0. The van der Waals surface area contributed by atoms with Crippen LogP contribution in [0.2, 0.25) is 0 Å². The summed E-state index contributed by atoms with van der Waals surface area (Å²) in [5.74, 6) is 0.170. The van der Waals surface area contributed by atoms with Gasteiger partial charge >= 0.3 is 0 Å². The van der Waals surface area contributed by atoms with Crippen LogP contribution in [0.4, 0.5) is 10.3 Å². The van der Waals surface area contributed by atoms with Crippen molar-refractivity contribution in [3.8, 4) is 0 Å². The molecule has 0 aromatic carbocycles. The molecule has 0 saturated carbocycles. The van der Waals surface area contributed by atoms with E-state index in [1.165, 1.54) is 12.4 Å². The molecule has 2 saturated heterocycles. The van der Waals surface area contributed by atoms with E-state index in [2.05, 4.69) is 19.9 Å². The third kappa shape index (κ3) is 3.77. The summed E-state index contributed by atoms with van der Waals surface area (Å²) in [5.41, 5.74) is 0.961. The van der Waals surface area contributed by atoms with Crippen molar-refractivity contribution >= 4 is 5.95 Å². The summed E-state index contributed by atoms with van der Waals surface area (Å²) in [7, 11) is 0. The van der Waals surface area contributed by atoms with Crippen LogP contribution in [0.3, 0.4) is 0 Å². The Labute approximate surface area is 146 Å². The topological polar surface area (TPSA) is 60.4 Å². The van der Waals surface area contributed by atoms with E-state index in [-0.39, 0.29) is 11.7 Å². The van der Waals surface area contributed by atoms with Gasteiger partial charge in [-0.1, -0.05) is 6.07 Å². The molecule has 0 aliphatic carbocycles. The van der Waals surface area contributed by atoms with Crippen LogP contribution in [-0.2, 0) is 16.1 Å². The Kier molecular flexibility index (Phi) is 4.59. The van der Waals surface area contributed by atoms with Gasteiger partial charge in [0.15, 0.2) is 5.82 Å². The van der Waals surface area contributed by atoms with Crippen molar-refractivity contribution in [1.29, 1.82) is 0 Å². The molecule has 1 atom stereocenters. The smallest absolute Gasteiger partial charge is 0.225 e. The largest absolute Gasteiger partial charge is 0.372 e. The summed E-state index contributed by atoms with van der Waals surface area (Å²) in [4.78, 5) is 14.3. The molecule has 2 aromatic heterocycles. The minimum absolute atomic E-state index is 0.115. The maximum absolute atomic E-state index is 13.0. The molecule has 2 aliphatic rings. The van der Waals surface area contributed by atoms with Gasteiger partial charge in [0, 0.05) is 31.9 Å². The van der Waals surface area contributed by atoms with Crippen molar-refractivity contribution < 1.29 is 13.9 Å². The van der Waals surface area contributed by atoms with Crippen LogP contribution in [0.15, 0.2) is 36.9 Å².